The van der Waals surface area contributed by atoms with Gasteiger partial charge in [-0.2, -0.15) is 0 Å². The van der Waals surface area contributed by atoms with E-state index in [0.29, 0.717) is 5.41 Å². The Bertz CT molecular complexity index is 2550. The van der Waals surface area contributed by atoms with E-state index in [9.17, 15) is 70.9 Å². The molecule has 0 spiro atoms. The lowest BCUT2D eigenvalue weighted by atomic mass is 9.48. The lowest BCUT2D eigenvalue weighted by Gasteiger charge is -2.57. The summed E-state index contributed by atoms with van der Waals surface area (Å²) in [6.07, 6.45) is 19.2. The van der Waals surface area contributed by atoms with Gasteiger partial charge in [0.25, 0.3) is 0 Å². The molecule has 28 atom stereocenters. The minimum atomic E-state index is -2.33. The largest absolute Gasteiger partial charge is 0.481 e. The molecule has 2 bridgehead atoms. The summed E-state index contributed by atoms with van der Waals surface area (Å²) < 4.78 is 23.1. The molecule has 19 nitrogen and oxygen atoms in total. The van der Waals surface area contributed by atoms with E-state index in [0.717, 1.165) is 60.2 Å². The van der Waals surface area contributed by atoms with Gasteiger partial charge in [0.15, 0.2) is 12.1 Å². The Morgan fingerprint density at radius 2 is 1.29 bits per heavy atom. The molecule has 3 aliphatic heterocycles. The van der Waals surface area contributed by atoms with E-state index >= 15 is 0 Å². The lowest BCUT2D eigenvalue weighted by molar-refractivity contribution is -0.308. The number of carboxylic acids is 1. The number of carboxylic acid groups (broad SMARTS) is 1. The normalized spacial score (nSPS) is 45.8. The number of allylic oxidation sites excluding steroid dienone is 13. The zero-order valence-corrected chi connectivity index (χ0v) is 56.9. The maximum atomic E-state index is 12.6. The molecule has 19 heteroatoms. The van der Waals surface area contributed by atoms with E-state index in [1.165, 1.54) is 64.4 Å². The maximum absolute atomic E-state index is 12.6. The Hall–Kier alpha value is -3.74. The first-order chi connectivity index (χ1) is 43.9. The van der Waals surface area contributed by atoms with E-state index in [1.807, 2.05) is 19.1 Å². The van der Waals surface area contributed by atoms with Gasteiger partial charge in [-0.15, -0.1) is 0 Å². The molecule has 5 unspecified atom stereocenters. The van der Waals surface area contributed by atoms with E-state index in [4.69, 9.17) is 24.7 Å². The summed E-state index contributed by atoms with van der Waals surface area (Å²) >= 11 is 0. The fourth-order valence-electron chi connectivity index (χ4n) is 16.5. The van der Waals surface area contributed by atoms with Crippen LogP contribution in [0.15, 0.2) is 96.7 Å². The Balaban J connectivity index is 0.000000402. The van der Waals surface area contributed by atoms with Crippen molar-refractivity contribution >= 4 is 11.9 Å². The molecule has 0 aromatic rings. The van der Waals surface area contributed by atoms with E-state index in [2.05, 4.69) is 40.7 Å². The molecular weight excluding hydrogens is 1190 g/mol. The van der Waals surface area contributed by atoms with Crippen molar-refractivity contribution in [2.45, 2.75) is 281 Å². The number of hydrogen-bond donors (Lipinski definition) is 13. The Labute approximate surface area is 553 Å². The summed E-state index contributed by atoms with van der Waals surface area (Å²) in [7, 11) is 0. The number of nitrogens with two attached hydrogens (primary N) is 1. The number of aliphatic hydroxyl groups is 11. The molecular formula is C74H119NO18. The molecule has 2 saturated heterocycles. The van der Waals surface area contributed by atoms with Crippen LogP contribution in [0.5, 0.6) is 0 Å². The molecule has 7 aliphatic rings. The summed E-state index contributed by atoms with van der Waals surface area (Å²) in [6.45, 7) is 19.2. The van der Waals surface area contributed by atoms with Crippen LogP contribution in [-0.2, 0) is 28.5 Å². The molecule has 5 fully saturated rings. The number of carbonyl (C=O) groups is 2. The molecule has 7 rings (SSSR count). The summed E-state index contributed by atoms with van der Waals surface area (Å²) in [4.78, 5) is 25.1. The number of aliphatic hydroxyl groups excluding tert-OH is 10. The molecule has 3 heterocycles. The van der Waals surface area contributed by atoms with Crippen molar-refractivity contribution in [2.24, 2.45) is 76.2 Å². The van der Waals surface area contributed by atoms with Crippen molar-refractivity contribution in [3.05, 3.63) is 96.7 Å². The number of cyclic esters (lactones) is 1. The predicted molar refractivity (Wildman–Crippen MR) is 356 cm³/mol. The molecule has 14 N–H and O–H groups in total. The van der Waals surface area contributed by atoms with Crippen molar-refractivity contribution in [3.63, 3.8) is 0 Å². The average Bonchev–Trinajstić information content (AvgIpc) is 1.72. The van der Waals surface area contributed by atoms with Crippen LogP contribution in [0.4, 0.5) is 0 Å². The van der Waals surface area contributed by atoms with Crippen LogP contribution in [0.1, 0.15) is 178 Å². The van der Waals surface area contributed by atoms with Crippen molar-refractivity contribution in [3.8, 4) is 0 Å². The fraction of sp³-hybridized carbons (Fsp3) is 0.757. The van der Waals surface area contributed by atoms with Crippen molar-refractivity contribution < 1.29 is 89.8 Å². The second-order valence-electron chi connectivity index (χ2n) is 29.6. The Morgan fingerprint density at radius 3 is 1.92 bits per heavy atom. The zero-order valence-electron chi connectivity index (χ0n) is 56.9. The summed E-state index contributed by atoms with van der Waals surface area (Å²) in [5.74, 6) is 0.610. The topological polar surface area (TPSA) is 340 Å². The molecule has 0 aromatic carbocycles. The van der Waals surface area contributed by atoms with Crippen LogP contribution in [0, 0.1) is 70.5 Å². The van der Waals surface area contributed by atoms with Gasteiger partial charge in [0.2, 0.25) is 0 Å². The van der Waals surface area contributed by atoms with Crippen LogP contribution < -0.4 is 5.73 Å². The fourth-order valence-corrected chi connectivity index (χ4v) is 16.5. The summed E-state index contributed by atoms with van der Waals surface area (Å²) in [5, 5.41) is 128. The molecule has 3 saturated carbocycles. The number of fused-ring (bicyclic) bond motifs is 7. The predicted octanol–water partition coefficient (Wildman–Crippen LogP) is 7.96. The Morgan fingerprint density at radius 1 is 0.656 bits per heavy atom. The van der Waals surface area contributed by atoms with Crippen LogP contribution in [-0.4, -0.2) is 177 Å². The first-order valence-corrected chi connectivity index (χ1v) is 35.0. The second kappa shape index (κ2) is 36.7. The van der Waals surface area contributed by atoms with Crippen LogP contribution in [0.25, 0.3) is 0 Å². The molecule has 528 valence electrons. The number of ether oxygens (including phenoxy) is 4. The number of aliphatic carboxylic acids is 1. The van der Waals surface area contributed by atoms with E-state index < -0.39 is 147 Å². The molecule has 4 aliphatic carbocycles. The van der Waals surface area contributed by atoms with Gasteiger partial charge in [-0.25, -0.2) is 0 Å². The molecule has 93 heavy (non-hydrogen) atoms. The third kappa shape index (κ3) is 22.4. The smallest absolute Gasteiger partial charge is 0.311 e. The van der Waals surface area contributed by atoms with Gasteiger partial charge in [-0.1, -0.05) is 164 Å². The maximum Gasteiger partial charge on any atom is 0.311 e. The Kier molecular flexibility index (Phi) is 30.9. The third-order valence-electron chi connectivity index (χ3n) is 22.0. The highest BCUT2D eigenvalue weighted by molar-refractivity contribution is 5.71. The second-order valence-corrected chi connectivity index (χ2v) is 29.6. The quantitative estimate of drug-likeness (QED) is 0.0809. The van der Waals surface area contributed by atoms with Crippen molar-refractivity contribution in [1.82, 2.24) is 0 Å². The minimum Gasteiger partial charge on any atom is -0.481 e. The number of carbonyl (C=O) groups excluding carboxylic acids is 1. The number of esters is 1. The van der Waals surface area contributed by atoms with Crippen LogP contribution in [0.2, 0.25) is 0 Å². The minimum absolute atomic E-state index is 0.0767. The van der Waals surface area contributed by atoms with Gasteiger partial charge in [-0.05, 0) is 131 Å². The average molecular weight is 1310 g/mol. The first-order valence-electron chi connectivity index (χ1n) is 35.0. The molecule has 0 aromatic heterocycles. The van der Waals surface area contributed by atoms with Crippen LogP contribution >= 0.6 is 0 Å². The highest BCUT2D eigenvalue weighted by Crippen LogP contribution is 2.64. The highest BCUT2D eigenvalue weighted by atomic mass is 16.7. The van der Waals surface area contributed by atoms with Crippen molar-refractivity contribution in [1.29, 1.82) is 0 Å². The van der Waals surface area contributed by atoms with Crippen molar-refractivity contribution in [2.75, 3.05) is 0 Å². The highest BCUT2D eigenvalue weighted by Gasteiger charge is 2.57. The summed E-state index contributed by atoms with van der Waals surface area (Å²) in [6, 6.07) is -1.15. The van der Waals surface area contributed by atoms with Gasteiger partial charge in [-0.3, -0.25) is 9.59 Å². The van der Waals surface area contributed by atoms with Gasteiger partial charge < -0.3 is 86.0 Å². The zero-order chi connectivity index (χ0) is 68.5. The van der Waals surface area contributed by atoms with Gasteiger partial charge in [0.05, 0.1) is 85.7 Å². The number of rotatable bonds is 8. The monoisotopic (exact) mass is 1310 g/mol. The lowest BCUT2D eigenvalue weighted by Crippen LogP contribution is -2.61. The van der Waals surface area contributed by atoms with Gasteiger partial charge >= 0.3 is 11.9 Å². The van der Waals surface area contributed by atoms with Crippen LogP contribution in [0.3, 0.4) is 0 Å². The summed E-state index contributed by atoms with van der Waals surface area (Å²) in [5.41, 5.74) is 8.03. The van der Waals surface area contributed by atoms with E-state index in [-0.39, 0.29) is 37.7 Å². The van der Waals surface area contributed by atoms with Gasteiger partial charge in [0, 0.05) is 37.5 Å². The molecule has 0 amide bonds. The standard InChI is InChI=1S/C47H73NO17.C27H46O/c1-27-17-15-13-11-9-7-5-6-8-10-12-14-16-18-34(64-46-44(58)41(48)43(57)30(4)63-46)24-38-40(45(59)60)37(54)26-47(61,65-38)25-33(51)22-36(53)35(52)20-19-31(49)21-32(50)23-39(55)62-29(3)28(2)42(27)56;1-17(2)7-6-8-18(3)22-11-12-24-23-10-9-20-16-21(28)13-14-27(20,5)25(23)15-19(4)26(22)24/h5-18,27-38,40-44,46,49-54,56-58,61H,19-26,48H2,1-4H3,(H,59,60);9,17-19,21-26,28H,6-8,10-16H2,1-5H3/b6-5+,9-7+,10-8+,13-11+,14-12+,17-15+,18-16+;/t27-,28-,29-,30+,31+,32+,33-,34-,35+,36+,37-,38-,40+,41-,42+,43+,44-,46-,47+;18-,19+,21?,22+,23?,24?,25?,26?,27-/m00/s1. The third-order valence-corrected chi connectivity index (χ3v) is 22.0. The number of hydrogen-bond acceptors (Lipinski definition) is 18. The van der Waals surface area contributed by atoms with E-state index in [1.54, 1.807) is 86.3 Å². The van der Waals surface area contributed by atoms with Gasteiger partial charge in [0.1, 0.15) is 18.1 Å². The molecule has 0 radical (unpaired) electrons. The first kappa shape index (κ1) is 78.3. The SMILES string of the molecule is CC(C)CCC[C@H](C)[C@H]1CCC2C3CC=C4CC(O)CC[C@]4(C)C3C[C@@H](C)C21.C[C@@H]1[C@H](O)[C@@H](C)/C=C/C=C/C=C/C=C/C=C/C=C/C=C/[C@H](O[C@@H]2O[C@H](C)[C@@H](O)[C@H](N)[C@@H]2O)C[C@@H]2O[C@](O)(C[C@@H](O)C[C@@H](O)[C@H](O)CC[C@@H](O)C[C@@H](O)CC(=O)O[C@H]1C)C[C@H](O)[C@H]2C(=O)O.